The van der Waals surface area contributed by atoms with Gasteiger partial charge in [0.05, 0.1) is 6.61 Å². The molecule has 0 fully saturated rings. The van der Waals surface area contributed by atoms with E-state index in [9.17, 15) is 8.42 Å². The molecule has 1 atom stereocenters. The number of nitrogens with one attached hydrogen (secondary N) is 1. The first-order valence-corrected chi connectivity index (χ1v) is 4.45. The molecular formula is C4H12N2O3S. The van der Waals surface area contributed by atoms with Crippen LogP contribution in [0.3, 0.4) is 0 Å². The van der Waals surface area contributed by atoms with Gasteiger partial charge < -0.3 is 5.11 Å². The second-order valence-electron chi connectivity index (χ2n) is 1.95. The number of aliphatic hydroxyl groups is 1. The summed E-state index contributed by atoms with van der Waals surface area (Å²) in [4.78, 5) is 0. The molecule has 6 heteroatoms. The lowest BCUT2D eigenvalue weighted by atomic mass is 10.3. The van der Waals surface area contributed by atoms with E-state index in [0.29, 0.717) is 6.42 Å². The van der Waals surface area contributed by atoms with Crippen LogP contribution in [-0.4, -0.2) is 26.2 Å². The predicted octanol–water partition coefficient (Wildman–Crippen LogP) is -1.45. The van der Waals surface area contributed by atoms with Crippen molar-refractivity contribution in [3.8, 4) is 0 Å². The van der Waals surface area contributed by atoms with Crippen LogP contribution in [0.15, 0.2) is 0 Å². The zero-order chi connectivity index (χ0) is 8.20. The molecule has 4 N–H and O–H groups in total. The van der Waals surface area contributed by atoms with E-state index in [1.54, 1.807) is 6.92 Å². The van der Waals surface area contributed by atoms with E-state index in [1.807, 2.05) is 0 Å². The Morgan fingerprint density at radius 1 is 1.70 bits per heavy atom. The molecule has 0 aromatic rings. The van der Waals surface area contributed by atoms with E-state index in [0.717, 1.165) is 0 Å². The Hall–Kier alpha value is -0.170. The van der Waals surface area contributed by atoms with Crippen molar-refractivity contribution in [2.24, 2.45) is 5.14 Å². The monoisotopic (exact) mass is 168 g/mol. The summed E-state index contributed by atoms with van der Waals surface area (Å²) in [6.45, 7) is 1.52. The smallest absolute Gasteiger partial charge is 0.274 e. The molecule has 0 saturated carbocycles. The van der Waals surface area contributed by atoms with Gasteiger partial charge >= 0.3 is 0 Å². The van der Waals surface area contributed by atoms with Gasteiger partial charge in [-0.15, -0.1) is 0 Å². The van der Waals surface area contributed by atoms with Gasteiger partial charge in [0.1, 0.15) is 0 Å². The molecule has 0 aliphatic heterocycles. The van der Waals surface area contributed by atoms with Gasteiger partial charge in [-0.05, 0) is 6.42 Å². The van der Waals surface area contributed by atoms with Crippen molar-refractivity contribution < 1.29 is 13.5 Å². The number of aliphatic hydroxyl groups excluding tert-OH is 1. The number of hydrogen-bond donors (Lipinski definition) is 3. The third-order valence-corrected chi connectivity index (χ3v) is 1.71. The molecule has 0 aliphatic rings. The van der Waals surface area contributed by atoms with Gasteiger partial charge in [0.25, 0.3) is 10.2 Å². The highest BCUT2D eigenvalue weighted by Crippen LogP contribution is 1.88. The third-order valence-electron chi connectivity index (χ3n) is 1.04. The Balaban J connectivity index is 3.87. The first-order valence-electron chi connectivity index (χ1n) is 2.90. The van der Waals surface area contributed by atoms with Crippen LogP contribution in [-0.2, 0) is 10.2 Å². The van der Waals surface area contributed by atoms with Gasteiger partial charge in [0.2, 0.25) is 0 Å². The van der Waals surface area contributed by atoms with Crippen molar-refractivity contribution in [3.05, 3.63) is 0 Å². The van der Waals surface area contributed by atoms with E-state index < -0.39 is 16.3 Å². The van der Waals surface area contributed by atoms with Crippen LogP contribution in [0.25, 0.3) is 0 Å². The minimum Gasteiger partial charge on any atom is -0.395 e. The summed E-state index contributed by atoms with van der Waals surface area (Å²) in [6, 6.07) is -0.463. The Bertz CT molecular complexity index is 173. The summed E-state index contributed by atoms with van der Waals surface area (Å²) in [5, 5.41) is 13.1. The lowest BCUT2D eigenvalue weighted by Gasteiger charge is -2.10. The molecule has 0 unspecified atom stereocenters. The third kappa shape index (κ3) is 4.68. The minimum atomic E-state index is -3.66. The highest BCUT2D eigenvalue weighted by atomic mass is 32.2. The van der Waals surface area contributed by atoms with E-state index in [2.05, 4.69) is 9.86 Å². The van der Waals surface area contributed by atoms with Crippen LogP contribution in [0.1, 0.15) is 13.3 Å². The SMILES string of the molecule is CC[C@@H](CO)NS(N)(=O)=O. The van der Waals surface area contributed by atoms with Gasteiger partial charge in [-0.1, -0.05) is 6.92 Å². The van der Waals surface area contributed by atoms with E-state index in [4.69, 9.17) is 5.11 Å². The molecule has 0 spiro atoms. The fourth-order valence-electron chi connectivity index (χ4n) is 0.482. The minimum absolute atomic E-state index is 0.229. The number of hydrogen-bond acceptors (Lipinski definition) is 3. The molecule has 10 heavy (non-hydrogen) atoms. The van der Waals surface area contributed by atoms with E-state index >= 15 is 0 Å². The average Bonchev–Trinajstić information content (AvgIpc) is 1.81. The molecular weight excluding hydrogens is 156 g/mol. The molecule has 0 aliphatic carbocycles. The van der Waals surface area contributed by atoms with Crippen molar-refractivity contribution in [1.82, 2.24) is 4.72 Å². The predicted molar refractivity (Wildman–Crippen MR) is 37.4 cm³/mol. The standard InChI is InChI=1S/C4H12N2O3S/c1-2-4(3-7)6-10(5,8)9/h4,6-7H,2-3H2,1H3,(H2,5,8,9)/t4-/m0/s1. The summed E-state index contributed by atoms with van der Waals surface area (Å²) >= 11 is 0. The Labute approximate surface area is 60.4 Å². The second-order valence-corrected chi connectivity index (χ2v) is 3.28. The van der Waals surface area contributed by atoms with Gasteiger partial charge in [-0.2, -0.15) is 13.1 Å². The summed E-state index contributed by atoms with van der Waals surface area (Å²) in [7, 11) is -3.66. The van der Waals surface area contributed by atoms with Crippen LogP contribution in [0, 0.1) is 0 Å². The fraction of sp³-hybridized carbons (Fsp3) is 1.00. The van der Waals surface area contributed by atoms with Gasteiger partial charge in [0, 0.05) is 6.04 Å². The molecule has 0 saturated heterocycles. The second kappa shape index (κ2) is 3.87. The molecule has 0 heterocycles. The molecule has 0 aromatic heterocycles. The summed E-state index contributed by atoms with van der Waals surface area (Å²) in [6.07, 6.45) is 0.521. The van der Waals surface area contributed by atoms with Crippen LogP contribution in [0.4, 0.5) is 0 Å². The van der Waals surface area contributed by atoms with Crippen molar-refractivity contribution in [3.63, 3.8) is 0 Å². The molecule has 0 bridgehead atoms. The van der Waals surface area contributed by atoms with Crippen molar-refractivity contribution in [2.45, 2.75) is 19.4 Å². The van der Waals surface area contributed by atoms with Crippen molar-refractivity contribution in [2.75, 3.05) is 6.61 Å². The first kappa shape index (κ1) is 9.83. The quantitative estimate of drug-likeness (QED) is 0.479. The maximum absolute atomic E-state index is 10.3. The van der Waals surface area contributed by atoms with Crippen LogP contribution in [0.5, 0.6) is 0 Å². The number of nitrogens with two attached hydrogens (primary N) is 1. The lowest BCUT2D eigenvalue weighted by Crippen LogP contribution is -2.40. The summed E-state index contributed by atoms with van der Waals surface area (Å²) in [5.41, 5.74) is 0. The topological polar surface area (TPSA) is 92.4 Å². The summed E-state index contributed by atoms with van der Waals surface area (Å²) < 4.78 is 22.7. The van der Waals surface area contributed by atoms with Gasteiger partial charge in [-0.25, -0.2) is 5.14 Å². The van der Waals surface area contributed by atoms with Gasteiger partial charge in [-0.3, -0.25) is 0 Å². The van der Waals surface area contributed by atoms with Crippen molar-refractivity contribution in [1.29, 1.82) is 0 Å². The Morgan fingerprint density at radius 3 is 2.30 bits per heavy atom. The molecule has 5 nitrogen and oxygen atoms in total. The van der Waals surface area contributed by atoms with E-state index in [1.165, 1.54) is 0 Å². The first-order chi connectivity index (χ1) is 4.49. The van der Waals surface area contributed by atoms with Crippen LogP contribution >= 0.6 is 0 Å². The van der Waals surface area contributed by atoms with Crippen molar-refractivity contribution >= 4 is 10.2 Å². The van der Waals surface area contributed by atoms with E-state index in [-0.39, 0.29) is 6.61 Å². The zero-order valence-corrected chi connectivity index (χ0v) is 6.56. The fourth-order valence-corrected chi connectivity index (χ4v) is 1.19. The maximum atomic E-state index is 10.3. The van der Waals surface area contributed by atoms with Gasteiger partial charge in [0.15, 0.2) is 0 Å². The molecule has 0 radical (unpaired) electrons. The zero-order valence-electron chi connectivity index (χ0n) is 5.74. The largest absolute Gasteiger partial charge is 0.395 e. The molecule has 0 amide bonds. The average molecular weight is 168 g/mol. The molecule has 62 valence electrons. The molecule has 0 aromatic carbocycles. The summed E-state index contributed by atoms with van der Waals surface area (Å²) in [5.74, 6) is 0. The van der Waals surface area contributed by atoms with Crippen LogP contribution in [0.2, 0.25) is 0 Å². The Morgan fingerprint density at radius 2 is 2.20 bits per heavy atom. The number of rotatable bonds is 4. The Kier molecular flexibility index (Phi) is 3.80. The highest BCUT2D eigenvalue weighted by Gasteiger charge is 2.09. The normalized spacial score (nSPS) is 15.1. The lowest BCUT2D eigenvalue weighted by molar-refractivity contribution is 0.254. The molecule has 0 rings (SSSR count). The maximum Gasteiger partial charge on any atom is 0.274 e. The highest BCUT2D eigenvalue weighted by molar-refractivity contribution is 7.87. The van der Waals surface area contributed by atoms with Crippen LogP contribution < -0.4 is 9.86 Å².